The van der Waals surface area contributed by atoms with Gasteiger partial charge in [0.05, 0.1) is 15.9 Å². The van der Waals surface area contributed by atoms with E-state index in [0.717, 1.165) is 6.20 Å². The first kappa shape index (κ1) is 15.4. The minimum Gasteiger partial charge on any atom is -0.363 e. The minimum absolute atomic E-state index is 0.0352. The molecule has 0 radical (unpaired) electrons. The number of anilines is 2. The van der Waals surface area contributed by atoms with Crippen molar-refractivity contribution in [1.29, 1.82) is 0 Å². The molecule has 1 aromatic rings. The van der Waals surface area contributed by atoms with E-state index in [1.54, 1.807) is 0 Å². The van der Waals surface area contributed by atoms with E-state index in [0.29, 0.717) is 19.4 Å². The standard InChI is InChI=1S/C11H17N5O4S/c1-2-12-11-14-7-9(16(17)18)10(15-11)13-6-8-4-3-5-21(8,19)20/h7-8H,2-6H2,1H3,(H2,12,13,14,15). The lowest BCUT2D eigenvalue weighted by atomic mass is 10.2. The highest BCUT2D eigenvalue weighted by Gasteiger charge is 2.31. The third-order valence-corrected chi connectivity index (χ3v) is 5.54. The first-order valence-electron chi connectivity index (χ1n) is 6.64. The number of hydrogen-bond acceptors (Lipinski definition) is 8. The first-order chi connectivity index (χ1) is 9.94. The summed E-state index contributed by atoms with van der Waals surface area (Å²) in [7, 11) is -3.10. The average molecular weight is 315 g/mol. The summed E-state index contributed by atoms with van der Waals surface area (Å²) in [4.78, 5) is 18.2. The van der Waals surface area contributed by atoms with Crippen LogP contribution in [0.1, 0.15) is 19.8 Å². The van der Waals surface area contributed by atoms with Crippen LogP contribution in [0.25, 0.3) is 0 Å². The van der Waals surface area contributed by atoms with Crippen molar-refractivity contribution >= 4 is 27.3 Å². The summed E-state index contributed by atoms with van der Waals surface area (Å²) >= 11 is 0. The lowest BCUT2D eigenvalue weighted by molar-refractivity contribution is -0.384. The van der Waals surface area contributed by atoms with Gasteiger partial charge in [-0.3, -0.25) is 10.1 Å². The van der Waals surface area contributed by atoms with Crippen molar-refractivity contribution in [2.45, 2.75) is 25.0 Å². The fourth-order valence-electron chi connectivity index (χ4n) is 2.18. The Labute approximate surface area is 122 Å². The van der Waals surface area contributed by atoms with Gasteiger partial charge in [0.15, 0.2) is 9.84 Å². The SMILES string of the molecule is CCNc1ncc([N+](=O)[O-])c(NCC2CCCS2(=O)=O)n1. The van der Waals surface area contributed by atoms with Crippen LogP contribution >= 0.6 is 0 Å². The van der Waals surface area contributed by atoms with Gasteiger partial charge >= 0.3 is 5.69 Å². The molecule has 21 heavy (non-hydrogen) atoms. The van der Waals surface area contributed by atoms with Crippen molar-refractivity contribution in [3.63, 3.8) is 0 Å². The van der Waals surface area contributed by atoms with E-state index in [-0.39, 0.29) is 29.8 Å². The zero-order valence-corrected chi connectivity index (χ0v) is 12.4. The molecule has 116 valence electrons. The maximum absolute atomic E-state index is 11.8. The molecule has 1 fully saturated rings. The molecule has 0 spiro atoms. The van der Waals surface area contributed by atoms with E-state index < -0.39 is 20.0 Å². The molecule has 1 aliphatic heterocycles. The van der Waals surface area contributed by atoms with E-state index in [2.05, 4.69) is 20.6 Å². The van der Waals surface area contributed by atoms with E-state index >= 15 is 0 Å². The van der Waals surface area contributed by atoms with Gasteiger partial charge in [-0.25, -0.2) is 13.4 Å². The molecule has 0 saturated carbocycles. The van der Waals surface area contributed by atoms with Gasteiger partial charge in [-0.2, -0.15) is 4.98 Å². The molecule has 9 nitrogen and oxygen atoms in total. The number of sulfone groups is 1. The monoisotopic (exact) mass is 315 g/mol. The fraction of sp³-hybridized carbons (Fsp3) is 0.636. The molecule has 0 aliphatic carbocycles. The summed E-state index contributed by atoms with van der Waals surface area (Å²) in [6.07, 6.45) is 2.30. The van der Waals surface area contributed by atoms with Gasteiger partial charge < -0.3 is 10.6 Å². The molecule has 1 aliphatic rings. The molecule has 0 aromatic carbocycles. The third kappa shape index (κ3) is 3.57. The van der Waals surface area contributed by atoms with Crippen LogP contribution in [0, 0.1) is 10.1 Å². The van der Waals surface area contributed by atoms with Gasteiger partial charge in [-0.05, 0) is 19.8 Å². The Kier molecular flexibility index (Phi) is 4.56. The lowest BCUT2D eigenvalue weighted by Gasteiger charge is -2.12. The maximum atomic E-state index is 11.8. The van der Waals surface area contributed by atoms with Crippen molar-refractivity contribution in [2.75, 3.05) is 29.5 Å². The number of nitro groups is 1. The maximum Gasteiger partial charge on any atom is 0.329 e. The van der Waals surface area contributed by atoms with Crippen LogP contribution in [-0.2, 0) is 9.84 Å². The van der Waals surface area contributed by atoms with Gasteiger partial charge in [0.2, 0.25) is 11.8 Å². The summed E-state index contributed by atoms with van der Waals surface area (Å²) in [5.41, 5.74) is -0.271. The lowest BCUT2D eigenvalue weighted by Crippen LogP contribution is -2.25. The Hall–Kier alpha value is -1.97. The van der Waals surface area contributed by atoms with Gasteiger partial charge in [0, 0.05) is 13.1 Å². The predicted molar refractivity (Wildman–Crippen MR) is 78.1 cm³/mol. The minimum atomic E-state index is -3.10. The number of hydrogen-bond donors (Lipinski definition) is 2. The normalized spacial score (nSPS) is 20.1. The Morgan fingerprint density at radius 1 is 1.48 bits per heavy atom. The van der Waals surface area contributed by atoms with Gasteiger partial charge in [-0.1, -0.05) is 0 Å². The summed E-state index contributed by atoms with van der Waals surface area (Å²) in [6, 6.07) is 0. The van der Waals surface area contributed by atoms with Crippen LogP contribution in [-0.4, -0.2) is 47.4 Å². The Balaban J connectivity index is 2.17. The predicted octanol–water partition coefficient (Wildman–Crippen LogP) is 0.806. The van der Waals surface area contributed by atoms with Gasteiger partial charge in [-0.15, -0.1) is 0 Å². The molecule has 10 heteroatoms. The molecule has 1 atom stereocenters. The summed E-state index contributed by atoms with van der Waals surface area (Å²) in [6.45, 7) is 2.54. The Morgan fingerprint density at radius 3 is 2.81 bits per heavy atom. The summed E-state index contributed by atoms with van der Waals surface area (Å²) in [5.74, 6) is 0.473. The molecule has 1 unspecified atom stereocenters. The molecular formula is C11H17N5O4S. The number of nitrogens with one attached hydrogen (secondary N) is 2. The van der Waals surface area contributed by atoms with Crippen LogP contribution in [0.3, 0.4) is 0 Å². The van der Waals surface area contributed by atoms with E-state index in [9.17, 15) is 18.5 Å². The van der Waals surface area contributed by atoms with Crippen LogP contribution in [0.4, 0.5) is 17.5 Å². The van der Waals surface area contributed by atoms with Crippen LogP contribution < -0.4 is 10.6 Å². The molecule has 2 rings (SSSR count). The van der Waals surface area contributed by atoms with Crippen molar-refractivity contribution in [2.24, 2.45) is 0 Å². The molecule has 1 saturated heterocycles. The Morgan fingerprint density at radius 2 is 2.24 bits per heavy atom. The molecule has 1 aromatic heterocycles. The Bertz CT molecular complexity index is 634. The van der Waals surface area contributed by atoms with Crippen molar-refractivity contribution in [3.05, 3.63) is 16.3 Å². The smallest absolute Gasteiger partial charge is 0.329 e. The topological polar surface area (TPSA) is 127 Å². The van der Waals surface area contributed by atoms with E-state index in [1.807, 2.05) is 6.92 Å². The third-order valence-electron chi connectivity index (χ3n) is 3.26. The summed E-state index contributed by atoms with van der Waals surface area (Å²) in [5, 5.41) is 16.1. The second-order valence-corrected chi connectivity index (χ2v) is 7.13. The highest BCUT2D eigenvalue weighted by atomic mass is 32.2. The molecule has 2 N–H and O–H groups in total. The highest BCUT2D eigenvalue weighted by Crippen LogP contribution is 2.24. The highest BCUT2D eigenvalue weighted by molar-refractivity contribution is 7.92. The van der Waals surface area contributed by atoms with Crippen LogP contribution in [0.15, 0.2) is 6.20 Å². The largest absolute Gasteiger partial charge is 0.363 e. The van der Waals surface area contributed by atoms with Crippen LogP contribution in [0.5, 0.6) is 0 Å². The number of aromatic nitrogens is 2. The molecule has 0 amide bonds. The van der Waals surface area contributed by atoms with E-state index in [4.69, 9.17) is 0 Å². The van der Waals surface area contributed by atoms with Crippen molar-refractivity contribution in [3.8, 4) is 0 Å². The molecule has 0 bridgehead atoms. The zero-order valence-electron chi connectivity index (χ0n) is 11.6. The van der Waals surface area contributed by atoms with Crippen LogP contribution in [0.2, 0.25) is 0 Å². The zero-order chi connectivity index (χ0) is 15.5. The number of nitrogens with zero attached hydrogens (tertiary/aromatic N) is 3. The van der Waals surface area contributed by atoms with E-state index in [1.165, 1.54) is 0 Å². The van der Waals surface area contributed by atoms with Crippen molar-refractivity contribution < 1.29 is 13.3 Å². The fourth-order valence-corrected chi connectivity index (χ4v) is 3.95. The van der Waals surface area contributed by atoms with Gasteiger partial charge in [0.1, 0.15) is 6.20 Å². The second kappa shape index (κ2) is 6.20. The molecular weight excluding hydrogens is 298 g/mol. The van der Waals surface area contributed by atoms with Crippen molar-refractivity contribution in [1.82, 2.24) is 9.97 Å². The number of rotatable bonds is 6. The van der Waals surface area contributed by atoms with Gasteiger partial charge in [0.25, 0.3) is 0 Å². The average Bonchev–Trinajstić information content (AvgIpc) is 2.75. The second-order valence-electron chi connectivity index (χ2n) is 4.73. The summed E-state index contributed by atoms with van der Waals surface area (Å²) < 4.78 is 23.5. The quantitative estimate of drug-likeness (QED) is 0.583. The molecule has 2 heterocycles. The first-order valence-corrected chi connectivity index (χ1v) is 8.36.